The molecule has 1 atom stereocenters. The molecule has 0 spiro atoms. The lowest BCUT2D eigenvalue weighted by Crippen LogP contribution is -2.42. The molecule has 1 heterocycles. The van der Waals surface area contributed by atoms with Gasteiger partial charge in [0.05, 0.1) is 18.5 Å². The first-order chi connectivity index (χ1) is 7.47. The smallest absolute Gasteiger partial charge is 0.216 e. The Labute approximate surface area is 97.4 Å². The zero-order valence-corrected chi connectivity index (χ0v) is 10.7. The van der Waals surface area contributed by atoms with E-state index in [2.05, 4.69) is 0 Å². The number of sulfonamides is 1. The van der Waals surface area contributed by atoms with Crippen LogP contribution >= 0.6 is 0 Å². The van der Waals surface area contributed by atoms with Crippen molar-refractivity contribution in [1.29, 1.82) is 0 Å². The molecule has 1 aliphatic heterocycles. The van der Waals surface area contributed by atoms with Crippen molar-refractivity contribution in [2.75, 3.05) is 25.5 Å². The van der Waals surface area contributed by atoms with Crippen molar-refractivity contribution in [3.05, 3.63) is 0 Å². The van der Waals surface area contributed by atoms with Crippen LogP contribution in [0.15, 0.2) is 0 Å². The molecule has 1 N–H and O–H groups in total. The van der Waals surface area contributed by atoms with E-state index in [-0.39, 0.29) is 31.1 Å². The lowest BCUT2D eigenvalue weighted by atomic mass is 10.3. The molecule has 96 valence electrons. The molecule has 0 aromatic heterocycles. The van der Waals surface area contributed by atoms with Gasteiger partial charge in [-0.3, -0.25) is 0 Å². The number of nitrogens with zero attached hydrogens (tertiary/aromatic N) is 1. The number of aliphatic hydroxyl groups excluding tert-OH is 1. The van der Waals surface area contributed by atoms with Crippen molar-refractivity contribution in [3.63, 3.8) is 0 Å². The van der Waals surface area contributed by atoms with E-state index in [4.69, 9.17) is 9.84 Å². The van der Waals surface area contributed by atoms with E-state index in [0.717, 1.165) is 12.8 Å². The molecule has 16 heavy (non-hydrogen) atoms. The molecule has 1 saturated heterocycles. The van der Waals surface area contributed by atoms with Crippen LogP contribution < -0.4 is 0 Å². The standard InChI is InChI=1S/C10H21NO4S/c1-9(2)11(5-6-12)16(13,14)8-10-4-3-7-15-10/h9-10,12H,3-8H2,1-2H3. The Bertz CT molecular complexity index is 296. The summed E-state index contributed by atoms with van der Waals surface area (Å²) in [7, 11) is -3.32. The largest absolute Gasteiger partial charge is 0.395 e. The zero-order valence-electron chi connectivity index (χ0n) is 9.92. The molecule has 0 bridgehead atoms. The number of hydrogen-bond acceptors (Lipinski definition) is 4. The fraction of sp³-hybridized carbons (Fsp3) is 1.00. The van der Waals surface area contributed by atoms with Gasteiger partial charge in [-0.25, -0.2) is 8.42 Å². The summed E-state index contributed by atoms with van der Waals surface area (Å²) in [4.78, 5) is 0. The van der Waals surface area contributed by atoms with Gasteiger partial charge >= 0.3 is 0 Å². The number of aliphatic hydroxyl groups is 1. The van der Waals surface area contributed by atoms with E-state index in [0.29, 0.717) is 6.61 Å². The lowest BCUT2D eigenvalue weighted by Gasteiger charge is -2.26. The predicted molar refractivity (Wildman–Crippen MR) is 61.7 cm³/mol. The Morgan fingerprint density at radius 1 is 1.50 bits per heavy atom. The maximum absolute atomic E-state index is 12.1. The van der Waals surface area contributed by atoms with E-state index >= 15 is 0 Å². The molecule has 0 saturated carbocycles. The van der Waals surface area contributed by atoms with Gasteiger partial charge < -0.3 is 9.84 Å². The monoisotopic (exact) mass is 251 g/mol. The topological polar surface area (TPSA) is 66.8 Å². The van der Waals surface area contributed by atoms with Gasteiger partial charge in [0.2, 0.25) is 10.0 Å². The van der Waals surface area contributed by atoms with Crippen LogP contribution in [0.5, 0.6) is 0 Å². The molecule has 0 aromatic carbocycles. The minimum absolute atomic E-state index is 0.0329. The highest BCUT2D eigenvalue weighted by atomic mass is 32.2. The fourth-order valence-corrected chi connectivity index (χ4v) is 3.85. The van der Waals surface area contributed by atoms with E-state index in [9.17, 15) is 8.42 Å². The van der Waals surface area contributed by atoms with Gasteiger partial charge in [-0.15, -0.1) is 0 Å². The molecule has 0 aromatic rings. The molecule has 0 aliphatic carbocycles. The van der Waals surface area contributed by atoms with Gasteiger partial charge in [0.25, 0.3) is 0 Å². The van der Waals surface area contributed by atoms with Gasteiger partial charge in [0, 0.05) is 19.2 Å². The first-order valence-electron chi connectivity index (χ1n) is 5.69. The van der Waals surface area contributed by atoms with Gasteiger partial charge in [-0.2, -0.15) is 4.31 Å². The minimum Gasteiger partial charge on any atom is -0.395 e. The van der Waals surface area contributed by atoms with Crippen LogP contribution in [0.25, 0.3) is 0 Å². The average Bonchev–Trinajstić information content (AvgIpc) is 2.65. The summed E-state index contributed by atoms with van der Waals surface area (Å²) in [6.45, 7) is 4.28. The molecular formula is C10H21NO4S. The Kier molecular flexibility index (Phi) is 5.17. The summed E-state index contributed by atoms with van der Waals surface area (Å²) >= 11 is 0. The van der Waals surface area contributed by atoms with Crippen molar-refractivity contribution in [2.45, 2.75) is 38.8 Å². The average molecular weight is 251 g/mol. The van der Waals surface area contributed by atoms with Crippen LogP contribution in [-0.4, -0.2) is 55.5 Å². The van der Waals surface area contributed by atoms with Crippen LogP contribution in [0.2, 0.25) is 0 Å². The van der Waals surface area contributed by atoms with Crippen molar-refractivity contribution in [1.82, 2.24) is 4.31 Å². The summed E-state index contributed by atoms with van der Waals surface area (Å²) in [6, 6.07) is -0.126. The molecule has 1 fully saturated rings. The first kappa shape index (κ1) is 13.9. The Morgan fingerprint density at radius 3 is 2.62 bits per heavy atom. The van der Waals surface area contributed by atoms with Crippen LogP contribution in [0.1, 0.15) is 26.7 Å². The summed E-state index contributed by atoms with van der Waals surface area (Å²) in [5.74, 6) is 0.0329. The second-order valence-corrected chi connectivity index (χ2v) is 6.31. The number of rotatable bonds is 6. The Hall–Kier alpha value is -0.170. The second kappa shape index (κ2) is 5.95. The molecular weight excluding hydrogens is 230 g/mol. The summed E-state index contributed by atoms with van der Waals surface area (Å²) in [6.07, 6.45) is 1.57. The van der Waals surface area contributed by atoms with Gasteiger partial charge in [-0.1, -0.05) is 0 Å². The molecule has 6 heteroatoms. The molecule has 1 aliphatic rings. The maximum atomic E-state index is 12.1. The Morgan fingerprint density at radius 2 is 2.19 bits per heavy atom. The van der Waals surface area contributed by atoms with Crippen LogP contribution in [0, 0.1) is 0 Å². The van der Waals surface area contributed by atoms with Crippen LogP contribution in [0.3, 0.4) is 0 Å². The van der Waals surface area contributed by atoms with Gasteiger partial charge in [0.1, 0.15) is 0 Å². The minimum atomic E-state index is -3.32. The van der Waals surface area contributed by atoms with Crippen molar-refractivity contribution < 1.29 is 18.3 Å². The highest BCUT2D eigenvalue weighted by Crippen LogP contribution is 2.17. The van der Waals surface area contributed by atoms with Crippen molar-refractivity contribution in [2.24, 2.45) is 0 Å². The molecule has 1 unspecified atom stereocenters. The quantitative estimate of drug-likeness (QED) is 0.732. The highest BCUT2D eigenvalue weighted by molar-refractivity contribution is 7.89. The number of hydrogen-bond donors (Lipinski definition) is 1. The van der Waals surface area contributed by atoms with E-state index < -0.39 is 10.0 Å². The summed E-state index contributed by atoms with van der Waals surface area (Å²) in [5, 5.41) is 8.87. The van der Waals surface area contributed by atoms with Gasteiger partial charge in [-0.05, 0) is 26.7 Å². The van der Waals surface area contributed by atoms with Crippen molar-refractivity contribution >= 4 is 10.0 Å². The SMILES string of the molecule is CC(C)N(CCO)S(=O)(=O)CC1CCCO1. The first-order valence-corrected chi connectivity index (χ1v) is 7.30. The number of ether oxygens (including phenoxy) is 1. The third-order valence-corrected chi connectivity index (χ3v) is 4.79. The van der Waals surface area contributed by atoms with Gasteiger partial charge in [0.15, 0.2) is 0 Å². The molecule has 0 radical (unpaired) electrons. The van der Waals surface area contributed by atoms with E-state index in [1.54, 1.807) is 0 Å². The molecule has 1 rings (SSSR count). The fourth-order valence-electron chi connectivity index (χ4n) is 1.92. The molecule has 0 amide bonds. The summed E-state index contributed by atoms with van der Waals surface area (Å²) < 4.78 is 30.8. The van der Waals surface area contributed by atoms with E-state index in [1.807, 2.05) is 13.8 Å². The zero-order chi connectivity index (χ0) is 12.2. The van der Waals surface area contributed by atoms with E-state index in [1.165, 1.54) is 4.31 Å². The normalized spacial score (nSPS) is 22.2. The third-order valence-electron chi connectivity index (χ3n) is 2.67. The van der Waals surface area contributed by atoms with Crippen LogP contribution in [0.4, 0.5) is 0 Å². The van der Waals surface area contributed by atoms with Crippen molar-refractivity contribution in [3.8, 4) is 0 Å². The maximum Gasteiger partial charge on any atom is 0.216 e. The third kappa shape index (κ3) is 3.69. The summed E-state index contributed by atoms with van der Waals surface area (Å²) in [5.41, 5.74) is 0. The second-order valence-electron chi connectivity index (χ2n) is 4.34. The van der Waals surface area contributed by atoms with Crippen LogP contribution in [-0.2, 0) is 14.8 Å². The Balaban J connectivity index is 2.64. The highest BCUT2D eigenvalue weighted by Gasteiger charge is 2.29. The predicted octanol–water partition coefficient (Wildman–Crippen LogP) is 0.198. The lowest BCUT2D eigenvalue weighted by molar-refractivity contribution is 0.125. The molecule has 5 nitrogen and oxygen atoms in total.